The van der Waals surface area contributed by atoms with Gasteiger partial charge >= 0.3 is 0 Å². The first kappa shape index (κ1) is 9.73. The summed E-state index contributed by atoms with van der Waals surface area (Å²) in [5.74, 6) is 0.902. The van der Waals surface area contributed by atoms with Crippen molar-refractivity contribution in [3.8, 4) is 5.75 Å². The molecule has 0 fully saturated rings. The van der Waals surface area contributed by atoms with E-state index in [2.05, 4.69) is 5.16 Å². The van der Waals surface area contributed by atoms with E-state index in [1.165, 1.54) is 0 Å². The van der Waals surface area contributed by atoms with Gasteiger partial charge in [-0.2, -0.15) is 0 Å². The van der Waals surface area contributed by atoms with Crippen LogP contribution in [0.2, 0.25) is 0 Å². The molecule has 2 rings (SSSR count). The Balaban J connectivity index is 2.14. The van der Waals surface area contributed by atoms with E-state index in [1.54, 1.807) is 24.3 Å². The van der Waals surface area contributed by atoms with Gasteiger partial charge in [0.2, 0.25) is 0 Å². The van der Waals surface area contributed by atoms with Crippen LogP contribution in [0.4, 0.5) is 0 Å². The van der Waals surface area contributed by atoms with Crippen LogP contribution >= 0.6 is 0 Å². The largest absolute Gasteiger partial charge is 0.508 e. The molecule has 0 aliphatic carbocycles. The first-order valence-corrected chi connectivity index (χ1v) is 4.61. The van der Waals surface area contributed by atoms with Crippen molar-refractivity contribution in [2.24, 2.45) is 0 Å². The third-order valence-electron chi connectivity index (χ3n) is 2.06. The maximum Gasteiger partial charge on any atom is 0.141 e. The van der Waals surface area contributed by atoms with Crippen molar-refractivity contribution in [2.75, 3.05) is 0 Å². The summed E-state index contributed by atoms with van der Waals surface area (Å²) in [5.41, 5.74) is 1.46. The van der Waals surface area contributed by atoms with E-state index in [9.17, 15) is 5.11 Å². The Kier molecular flexibility index (Phi) is 2.69. The molecule has 15 heavy (non-hydrogen) atoms. The van der Waals surface area contributed by atoms with Crippen molar-refractivity contribution < 1.29 is 14.7 Å². The Morgan fingerprint density at radius 1 is 1.27 bits per heavy atom. The van der Waals surface area contributed by atoms with Gasteiger partial charge in [0.1, 0.15) is 17.2 Å². The van der Waals surface area contributed by atoms with Crippen LogP contribution < -0.4 is 0 Å². The number of phenols is 1. The van der Waals surface area contributed by atoms with Crippen LogP contribution in [-0.4, -0.2) is 15.4 Å². The molecule has 2 N–H and O–H groups in total. The molecule has 0 bridgehead atoms. The Morgan fingerprint density at radius 2 is 2.13 bits per heavy atom. The third-order valence-corrected chi connectivity index (χ3v) is 2.06. The maximum atomic E-state index is 9.26. The number of aliphatic hydroxyl groups is 1. The molecule has 78 valence electrons. The summed E-state index contributed by atoms with van der Waals surface area (Å²) in [7, 11) is 0. The van der Waals surface area contributed by atoms with E-state index in [1.807, 2.05) is 6.07 Å². The van der Waals surface area contributed by atoms with Gasteiger partial charge in [0, 0.05) is 12.5 Å². The summed E-state index contributed by atoms with van der Waals surface area (Å²) in [4.78, 5) is 0. The van der Waals surface area contributed by atoms with Gasteiger partial charge < -0.3 is 14.7 Å². The Bertz CT molecular complexity index is 451. The van der Waals surface area contributed by atoms with Crippen molar-refractivity contribution in [3.05, 3.63) is 47.3 Å². The van der Waals surface area contributed by atoms with Gasteiger partial charge in [-0.25, -0.2) is 0 Å². The van der Waals surface area contributed by atoms with E-state index >= 15 is 0 Å². The minimum Gasteiger partial charge on any atom is -0.508 e. The molecule has 1 aromatic carbocycles. The lowest BCUT2D eigenvalue weighted by Gasteiger charge is -1.97. The molecule has 0 amide bonds. The van der Waals surface area contributed by atoms with Crippen LogP contribution in [0.3, 0.4) is 0 Å². The number of rotatable bonds is 3. The summed E-state index contributed by atoms with van der Waals surface area (Å²) in [6.45, 7) is -0.121. The first-order valence-electron chi connectivity index (χ1n) is 4.61. The van der Waals surface area contributed by atoms with E-state index < -0.39 is 0 Å². The van der Waals surface area contributed by atoms with Crippen molar-refractivity contribution in [1.29, 1.82) is 0 Å². The van der Waals surface area contributed by atoms with Crippen molar-refractivity contribution >= 4 is 0 Å². The normalized spacial score (nSPS) is 10.5. The van der Waals surface area contributed by atoms with Crippen LogP contribution in [0.25, 0.3) is 0 Å². The lowest BCUT2D eigenvalue weighted by atomic mass is 10.1. The Labute approximate surface area is 86.8 Å². The first-order chi connectivity index (χ1) is 7.28. The van der Waals surface area contributed by atoms with Crippen LogP contribution in [0.5, 0.6) is 5.75 Å². The molecule has 0 aliphatic rings. The topological polar surface area (TPSA) is 66.5 Å². The SMILES string of the molecule is OCc1cc(Cc2cccc(O)c2)on1. The number of aromatic hydroxyl groups is 1. The van der Waals surface area contributed by atoms with Gasteiger partial charge in [-0.3, -0.25) is 0 Å². The average molecular weight is 205 g/mol. The highest BCUT2D eigenvalue weighted by Gasteiger charge is 2.04. The molecule has 0 aliphatic heterocycles. The summed E-state index contributed by atoms with van der Waals surface area (Å²) < 4.78 is 5.01. The predicted molar refractivity (Wildman–Crippen MR) is 53.3 cm³/mol. The lowest BCUT2D eigenvalue weighted by Crippen LogP contribution is -1.84. The van der Waals surface area contributed by atoms with E-state index in [0.717, 1.165) is 5.56 Å². The fourth-order valence-corrected chi connectivity index (χ4v) is 1.38. The molecule has 2 aromatic rings. The quantitative estimate of drug-likeness (QED) is 0.796. The molecule has 0 spiro atoms. The lowest BCUT2D eigenvalue weighted by molar-refractivity contribution is 0.265. The zero-order valence-electron chi connectivity index (χ0n) is 8.05. The number of benzene rings is 1. The van der Waals surface area contributed by atoms with Crippen LogP contribution in [0.15, 0.2) is 34.9 Å². The Hall–Kier alpha value is -1.81. The second kappa shape index (κ2) is 4.14. The van der Waals surface area contributed by atoms with E-state index in [0.29, 0.717) is 17.9 Å². The predicted octanol–water partition coefficient (Wildman–Crippen LogP) is 1.46. The molecular weight excluding hydrogens is 194 g/mol. The van der Waals surface area contributed by atoms with E-state index in [4.69, 9.17) is 9.63 Å². The fraction of sp³-hybridized carbons (Fsp3) is 0.182. The standard InChI is InChI=1S/C11H11NO3/c13-7-9-6-11(15-12-9)5-8-2-1-3-10(14)4-8/h1-4,6,13-14H,5,7H2. The molecule has 4 nitrogen and oxygen atoms in total. The highest BCUT2D eigenvalue weighted by Crippen LogP contribution is 2.15. The number of aliphatic hydroxyl groups excluding tert-OH is 1. The zero-order valence-corrected chi connectivity index (χ0v) is 8.05. The van der Waals surface area contributed by atoms with Crippen LogP contribution in [0, 0.1) is 0 Å². The minimum absolute atomic E-state index is 0.121. The molecule has 4 heteroatoms. The number of nitrogens with zero attached hydrogens (tertiary/aromatic N) is 1. The molecule has 0 radical (unpaired) electrons. The fourth-order valence-electron chi connectivity index (χ4n) is 1.38. The molecule has 0 saturated heterocycles. The van der Waals surface area contributed by atoms with Gasteiger partial charge in [-0.05, 0) is 17.7 Å². The molecule has 0 unspecified atom stereocenters. The molecule has 0 atom stereocenters. The van der Waals surface area contributed by atoms with Crippen molar-refractivity contribution in [2.45, 2.75) is 13.0 Å². The summed E-state index contributed by atoms with van der Waals surface area (Å²) in [6, 6.07) is 8.64. The minimum atomic E-state index is -0.121. The van der Waals surface area contributed by atoms with Crippen molar-refractivity contribution in [3.63, 3.8) is 0 Å². The number of aromatic nitrogens is 1. The van der Waals surface area contributed by atoms with Crippen molar-refractivity contribution in [1.82, 2.24) is 5.16 Å². The van der Waals surface area contributed by atoms with Crippen LogP contribution in [-0.2, 0) is 13.0 Å². The molecular formula is C11H11NO3. The second-order valence-electron chi connectivity index (χ2n) is 3.29. The average Bonchev–Trinajstić information content (AvgIpc) is 2.65. The molecule has 1 heterocycles. The zero-order chi connectivity index (χ0) is 10.7. The third kappa shape index (κ3) is 2.35. The van der Waals surface area contributed by atoms with Gasteiger partial charge in [0.25, 0.3) is 0 Å². The smallest absolute Gasteiger partial charge is 0.141 e. The van der Waals surface area contributed by atoms with Gasteiger partial charge in [-0.1, -0.05) is 17.3 Å². The second-order valence-corrected chi connectivity index (χ2v) is 3.29. The van der Waals surface area contributed by atoms with Gasteiger partial charge in [-0.15, -0.1) is 0 Å². The monoisotopic (exact) mass is 205 g/mol. The van der Waals surface area contributed by atoms with E-state index in [-0.39, 0.29) is 12.4 Å². The van der Waals surface area contributed by atoms with Crippen LogP contribution in [0.1, 0.15) is 17.0 Å². The molecule has 1 aromatic heterocycles. The maximum absolute atomic E-state index is 9.26. The highest BCUT2D eigenvalue weighted by molar-refractivity contribution is 5.29. The highest BCUT2D eigenvalue weighted by atomic mass is 16.5. The molecule has 0 saturated carbocycles. The Morgan fingerprint density at radius 3 is 2.80 bits per heavy atom. The summed E-state index contributed by atoms with van der Waals surface area (Å²) in [5, 5.41) is 21.7. The number of hydrogen-bond acceptors (Lipinski definition) is 4. The van der Waals surface area contributed by atoms with Gasteiger partial charge in [0.15, 0.2) is 0 Å². The number of phenolic OH excluding ortho intramolecular Hbond substituents is 1. The number of hydrogen-bond donors (Lipinski definition) is 2. The summed E-state index contributed by atoms with van der Waals surface area (Å²) >= 11 is 0. The summed E-state index contributed by atoms with van der Waals surface area (Å²) in [6.07, 6.45) is 0.557. The van der Waals surface area contributed by atoms with Gasteiger partial charge in [0.05, 0.1) is 6.61 Å².